The largest absolute Gasteiger partial charge is 0.494 e. The number of aromatic nitrogens is 3. The van der Waals surface area contributed by atoms with E-state index >= 15 is 0 Å². The monoisotopic (exact) mass is 406 g/mol. The number of halogens is 1. The Balaban J connectivity index is 1.72. The van der Waals surface area contributed by atoms with Gasteiger partial charge in [-0.15, -0.1) is 0 Å². The van der Waals surface area contributed by atoms with Gasteiger partial charge in [-0.25, -0.2) is 19.2 Å². The summed E-state index contributed by atoms with van der Waals surface area (Å²) < 4.78 is 20.9. The molecule has 2 aromatic heterocycles. The number of nitrogens with zero attached hydrogens (tertiary/aromatic N) is 3. The second-order valence-corrected chi connectivity index (χ2v) is 6.62. The maximum atomic E-state index is 14.1. The lowest BCUT2D eigenvalue weighted by molar-refractivity contribution is 0.0696. The Kier molecular flexibility index (Phi) is 5.05. The number of anilines is 2. The van der Waals surface area contributed by atoms with Crippen LogP contribution in [-0.2, 0) is 6.42 Å². The number of imidazole rings is 1. The first kappa shape index (κ1) is 19.4. The molecule has 0 saturated carbocycles. The van der Waals surface area contributed by atoms with Crippen LogP contribution < -0.4 is 10.1 Å². The van der Waals surface area contributed by atoms with Gasteiger partial charge in [0.05, 0.1) is 24.6 Å². The Labute approximate surface area is 171 Å². The molecular weight excluding hydrogens is 387 g/mol. The number of aromatic carboxylic acids is 1. The maximum Gasteiger partial charge on any atom is 0.335 e. The van der Waals surface area contributed by atoms with Crippen molar-refractivity contribution in [3.8, 4) is 17.0 Å². The summed E-state index contributed by atoms with van der Waals surface area (Å²) >= 11 is 0. The van der Waals surface area contributed by atoms with Gasteiger partial charge in [0.25, 0.3) is 0 Å². The van der Waals surface area contributed by atoms with E-state index in [4.69, 9.17) is 4.74 Å². The molecule has 30 heavy (non-hydrogen) atoms. The normalized spacial score (nSPS) is 10.9. The average molecular weight is 406 g/mol. The molecule has 0 bridgehead atoms. The van der Waals surface area contributed by atoms with Crippen LogP contribution in [0, 0.1) is 5.82 Å². The number of fused-ring (bicyclic) bond motifs is 1. The van der Waals surface area contributed by atoms with Crippen LogP contribution in [0.5, 0.6) is 5.75 Å². The Morgan fingerprint density at radius 3 is 2.77 bits per heavy atom. The van der Waals surface area contributed by atoms with Crippen molar-refractivity contribution in [1.29, 1.82) is 0 Å². The van der Waals surface area contributed by atoms with Crippen LogP contribution in [-0.4, -0.2) is 32.6 Å². The minimum absolute atomic E-state index is 0.174. The summed E-state index contributed by atoms with van der Waals surface area (Å²) in [5.74, 6) is -0.734. The van der Waals surface area contributed by atoms with Crippen molar-refractivity contribution in [1.82, 2.24) is 14.4 Å². The molecule has 2 aromatic carbocycles. The molecule has 4 rings (SSSR count). The van der Waals surface area contributed by atoms with E-state index in [1.54, 1.807) is 48.9 Å². The quantitative estimate of drug-likeness (QED) is 0.488. The van der Waals surface area contributed by atoms with E-state index in [9.17, 15) is 14.3 Å². The zero-order valence-electron chi connectivity index (χ0n) is 16.4. The Morgan fingerprint density at radius 2 is 2.07 bits per heavy atom. The van der Waals surface area contributed by atoms with Crippen molar-refractivity contribution < 1.29 is 19.0 Å². The van der Waals surface area contributed by atoms with Crippen LogP contribution in [0.1, 0.15) is 22.8 Å². The Morgan fingerprint density at radius 1 is 1.23 bits per heavy atom. The van der Waals surface area contributed by atoms with E-state index in [0.29, 0.717) is 34.8 Å². The molecule has 0 saturated heterocycles. The fourth-order valence-corrected chi connectivity index (χ4v) is 3.36. The van der Waals surface area contributed by atoms with Gasteiger partial charge < -0.3 is 15.2 Å². The van der Waals surface area contributed by atoms with Gasteiger partial charge in [-0.05, 0) is 48.4 Å². The highest BCUT2D eigenvalue weighted by Gasteiger charge is 2.14. The number of ether oxygens (including phenoxy) is 1. The fraction of sp³-hybridized carbons (Fsp3) is 0.136. The molecular formula is C22H19FN4O3. The summed E-state index contributed by atoms with van der Waals surface area (Å²) in [4.78, 5) is 20.2. The molecule has 0 spiro atoms. The van der Waals surface area contributed by atoms with E-state index in [2.05, 4.69) is 15.3 Å². The molecule has 0 aliphatic heterocycles. The molecule has 0 aliphatic rings. The van der Waals surface area contributed by atoms with Gasteiger partial charge in [0, 0.05) is 23.6 Å². The van der Waals surface area contributed by atoms with E-state index in [-0.39, 0.29) is 11.3 Å². The molecule has 0 aliphatic carbocycles. The minimum Gasteiger partial charge on any atom is -0.494 e. The number of carboxylic acids is 1. The van der Waals surface area contributed by atoms with E-state index in [0.717, 1.165) is 5.56 Å². The third-order valence-electron chi connectivity index (χ3n) is 4.85. The highest BCUT2D eigenvalue weighted by atomic mass is 19.1. The van der Waals surface area contributed by atoms with Crippen molar-refractivity contribution >= 4 is 23.1 Å². The summed E-state index contributed by atoms with van der Waals surface area (Å²) in [6.45, 7) is 1.90. The van der Waals surface area contributed by atoms with Gasteiger partial charge in [0.1, 0.15) is 0 Å². The smallest absolute Gasteiger partial charge is 0.335 e. The standard InChI is InChI=1S/C22H19FN4O3/c1-3-13-10-15(5-6-16(13)22(28)29)26-20-21-25-12-18(27(21)9-8-24-20)14-4-7-19(30-2)17(23)11-14/h4-12H,3H2,1-2H3,(H,24,26)(H,28,29). The lowest BCUT2D eigenvalue weighted by atomic mass is 10.0. The maximum absolute atomic E-state index is 14.1. The van der Waals surface area contributed by atoms with Crippen LogP contribution >= 0.6 is 0 Å². The molecule has 7 nitrogen and oxygen atoms in total. The van der Waals surface area contributed by atoms with Crippen LogP contribution in [0.15, 0.2) is 55.0 Å². The van der Waals surface area contributed by atoms with Crippen molar-refractivity contribution in [3.63, 3.8) is 0 Å². The predicted molar refractivity (Wildman–Crippen MR) is 111 cm³/mol. The van der Waals surface area contributed by atoms with E-state index in [1.807, 2.05) is 11.3 Å². The summed E-state index contributed by atoms with van der Waals surface area (Å²) in [5.41, 5.74) is 3.61. The lowest BCUT2D eigenvalue weighted by Gasteiger charge is -2.11. The van der Waals surface area contributed by atoms with Gasteiger partial charge in [0.2, 0.25) is 0 Å². The fourth-order valence-electron chi connectivity index (χ4n) is 3.36. The van der Waals surface area contributed by atoms with Gasteiger partial charge >= 0.3 is 5.97 Å². The molecule has 0 amide bonds. The third-order valence-corrected chi connectivity index (χ3v) is 4.85. The highest BCUT2D eigenvalue weighted by molar-refractivity contribution is 5.90. The third kappa shape index (κ3) is 3.43. The second kappa shape index (κ2) is 7.82. The molecule has 0 atom stereocenters. The molecule has 4 aromatic rings. The van der Waals surface area contributed by atoms with Gasteiger partial charge in [0.15, 0.2) is 23.0 Å². The summed E-state index contributed by atoms with van der Waals surface area (Å²) in [7, 11) is 1.42. The first-order valence-corrected chi connectivity index (χ1v) is 9.31. The minimum atomic E-state index is -0.955. The number of carbonyl (C=O) groups is 1. The first-order chi connectivity index (χ1) is 14.5. The number of hydrogen-bond acceptors (Lipinski definition) is 5. The Hall–Kier alpha value is -3.94. The molecule has 2 N–H and O–H groups in total. The average Bonchev–Trinajstić information content (AvgIpc) is 3.18. The molecule has 8 heteroatoms. The summed E-state index contributed by atoms with van der Waals surface area (Å²) in [6, 6.07) is 9.78. The van der Waals surface area contributed by atoms with Crippen molar-refractivity contribution in [3.05, 3.63) is 71.9 Å². The number of hydrogen-bond donors (Lipinski definition) is 2. The molecule has 0 unspecified atom stereocenters. The van der Waals surface area contributed by atoms with E-state index < -0.39 is 11.8 Å². The number of aryl methyl sites for hydroxylation is 1. The van der Waals surface area contributed by atoms with Crippen molar-refractivity contribution in [2.24, 2.45) is 0 Å². The van der Waals surface area contributed by atoms with Gasteiger partial charge in [-0.3, -0.25) is 4.40 Å². The highest BCUT2D eigenvalue weighted by Crippen LogP contribution is 2.28. The second-order valence-electron chi connectivity index (χ2n) is 6.62. The van der Waals surface area contributed by atoms with Crippen molar-refractivity contribution in [2.45, 2.75) is 13.3 Å². The van der Waals surface area contributed by atoms with E-state index in [1.165, 1.54) is 13.2 Å². The zero-order valence-corrected chi connectivity index (χ0v) is 16.4. The van der Waals surface area contributed by atoms with Crippen LogP contribution in [0.4, 0.5) is 15.9 Å². The number of rotatable bonds is 6. The molecule has 0 radical (unpaired) electrons. The van der Waals surface area contributed by atoms with Crippen LogP contribution in [0.25, 0.3) is 16.9 Å². The number of benzene rings is 2. The number of methoxy groups -OCH3 is 1. The van der Waals surface area contributed by atoms with Crippen LogP contribution in [0.2, 0.25) is 0 Å². The van der Waals surface area contributed by atoms with Gasteiger partial charge in [-0.2, -0.15) is 0 Å². The zero-order chi connectivity index (χ0) is 21.3. The van der Waals surface area contributed by atoms with Gasteiger partial charge in [-0.1, -0.05) is 6.92 Å². The number of carboxylic acid groups (broad SMARTS) is 1. The first-order valence-electron chi connectivity index (χ1n) is 9.31. The summed E-state index contributed by atoms with van der Waals surface area (Å²) in [6.07, 6.45) is 5.60. The lowest BCUT2D eigenvalue weighted by Crippen LogP contribution is -2.04. The van der Waals surface area contributed by atoms with Crippen molar-refractivity contribution in [2.75, 3.05) is 12.4 Å². The topological polar surface area (TPSA) is 88.8 Å². The molecule has 152 valence electrons. The predicted octanol–water partition coefficient (Wildman–Crippen LogP) is 4.55. The molecule has 2 heterocycles. The SMILES string of the molecule is CCc1cc(Nc2nccn3c(-c4ccc(OC)c(F)c4)cnc23)ccc1C(=O)O. The Bertz CT molecular complexity index is 1250. The molecule has 0 fully saturated rings. The number of nitrogens with one attached hydrogen (secondary N) is 1. The van der Waals surface area contributed by atoms with Crippen LogP contribution in [0.3, 0.4) is 0 Å². The summed E-state index contributed by atoms with van der Waals surface area (Å²) in [5, 5.41) is 12.5.